The minimum absolute atomic E-state index is 0.354. The maximum Gasteiger partial charge on any atom is 0.358 e. The zero-order chi connectivity index (χ0) is 15.4. The average molecular weight is 304 g/mol. The van der Waals surface area contributed by atoms with Gasteiger partial charge in [0.25, 0.3) is 0 Å². The third kappa shape index (κ3) is 3.42. The van der Waals surface area contributed by atoms with Gasteiger partial charge in [-0.25, -0.2) is 9.78 Å². The number of hydrogen-bond acceptors (Lipinski definition) is 5. The third-order valence-electron chi connectivity index (χ3n) is 3.27. The molecule has 5 heteroatoms. The van der Waals surface area contributed by atoms with Crippen LogP contribution in [-0.4, -0.2) is 24.6 Å². The first kappa shape index (κ1) is 15.5. The van der Waals surface area contributed by atoms with Gasteiger partial charge in [-0.2, -0.15) is 0 Å². The molecule has 0 aliphatic rings. The molecule has 0 unspecified atom stereocenters. The van der Waals surface area contributed by atoms with Gasteiger partial charge < -0.3 is 9.64 Å². The Kier molecular flexibility index (Phi) is 4.96. The molecule has 1 aromatic carbocycles. The van der Waals surface area contributed by atoms with Crippen LogP contribution in [-0.2, 0) is 11.2 Å². The van der Waals surface area contributed by atoms with Gasteiger partial charge in [0.1, 0.15) is 0 Å². The number of rotatable bonds is 5. The number of thiazole rings is 1. The zero-order valence-electron chi connectivity index (χ0n) is 12.8. The molecule has 0 fully saturated rings. The van der Waals surface area contributed by atoms with Crippen LogP contribution in [0.15, 0.2) is 24.3 Å². The van der Waals surface area contributed by atoms with Crippen LogP contribution in [0.5, 0.6) is 0 Å². The maximum atomic E-state index is 11.8. The van der Waals surface area contributed by atoms with Gasteiger partial charge in [-0.3, -0.25) is 0 Å². The van der Waals surface area contributed by atoms with E-state index in [-0.39, 0.29) is 5.97 Å². The topological polar surface area (TPSA) is 42.4 Å². The maximum absolute atomic E-state index is 11.8. The van der Waals surface area contributed by atoms with Crippen LogP contribution in [0, 0.1) is 6.92 Å². The number of carbonyl (C=O) groups excluding carboxylic acids is 1. The van der Waals surface area contributed by atoms with Gasteiger partial charge in [0.05, 0.1) is 6.61 Å². The van der Waals surface area contributed by atoms with Gasteiger partial charge in [-0.15, -0.1) is 11.3 Å². The van der Waals surface area contributed by atoms with E-state index in [4.69, 9.17) is 4.74 Å². The van der Waals surface area contributed by atoms with E-state index in [0.717, 1.165) is 22.1 Å². The van der Waals surface area contributed by atoms with E-state index < -0.39 is 0 Å². The van der Waals surface area contributed by atoms with Crippen molar-refractivity contribution in [2.24, 2.45) is 0 Å². The van der Waals surface area contributed by atoms with Crippen molar-refractivity contribution in [3.8, 4) is 0 Å². The average Bonchev–Trinajstić information content (AvgIpc) is 2.89. The van der Waals surface area contributed by atoms with Crippen molar-refractivity contribution in [1.82, 2.24) is 4.98 Å². The molecule has 1 aromatic heterocycles. The lowest BCUT2D eigenvalue weighted by Crippen LogP contribution is -2.11. The lowest BCUT2D eigenvalue weighted by atomic mass is 10.1. The second-order valence-corrected chi connectivity index (χ2v) is 5.88. The van der Waals surface area contributed by atoms with Crippen LogP contribution in [0.25, 0.3) is 0 Å². The monoisotopic (exact) mass is 304 g/mol. The predicted molar refractivity (Wildman–Crippen MR) is 86.7 cm³/mol. The Morgan fingerprint density at radius 3 is 2.52 bits per heavy atom. The third-order valence-corrected chi connectivity index (χ3v) is 4.32. The molecule has 0 aliphatic carbocycles. The van der Waals surface area contributed by atoms with E-state index >= 15 is 0 Å². The first-order valence-electron chi connectivity index (χ1n) is 7.04. The minimum Gasteiger partial charge on any atom is -0.461 e. The van der Waals surface area contributed by atoms with Crippen LogP contribution < -0.4 is 4.90 Å². The molecular formula is C16H20N2O2S. The summed E-state index contributed by atoms with van der Waals surface area (Å²) in [4.78, 5) is 19.1. The number of aromatic nitrogens is 1. The standard InChI is InChI=1S/C16H20N2O2S/c1-5-12-7-9-13(10-8-12)18(4)16-17-14(11(3)21-16)15(19)20-6-2/h7-10H,5-6H2,1-4H3. The van der Waals surface area contributed by atoms with Gasteiger partial charge >= 0.3 is 5.97 Å². The smallest absolute Gasteiger partial charge is 0.358 e. The van der Waals surface area contributed by atoms with Crippen molar-refractivity contribution in [3.63, 3.8) is 0 Å². The highest BCUT2D eigenvalue weighted by molar-refractivity contribution is 7.15. The van der Waals surface area contributed by atoms with Crippen LogP contribution in [0.1, 0.15) is 34.8 Å². The predicted octanol–water partition coefficient (Wildman–Crippen LogP) is 3.96. The summed E-state index contributed by atoms with van der Waals surface area (Å²) in [5, 5.41) is 0.791. The van der Waals surface area contributed by atoms with Gasteiger partial charge in [0.2, 0.25) is 0 Å². The minimum atomic E-state index is -0.354. The molecule has 1 heterocycles. The molecule has 0 bridgehead atoms. The summed E-state index contributed by atoms with van der Waals surface area (Å²) in [6.07, 6.45) is 1.02. The molecule has 2 aromatic rings. The van der Waals surface area contributed by atoms with E-state index in [2.05, 4.69) is 36.2 Å². The van der Waals surface area contributed by atoms with Crippen LogP contribution in [0.3, 0.4) is 0 Å². The number of anilines is 2. The molecule has 0 amide bonds. The Morgan fingerprint density at radius 1 is 1.29 bits per heavy atom. The van der Waals surface area contributed by atoms with E-state index in [1.165, 1.54) is 16.9 Å². The Bertz CT molecular complexity index is 620. The van der Waals surface area contributed by atoms with Gasteiger partial charge in [-0.05, 0) is 38.0 Å². The molecule has 0 saturated carbocycles. The van der Waals surface area contributed by atoms with Crippen LogP contribution >= 0.6 is 11.3 Å². The second-order valence-electron chi connectivity index (χ2n) is 4.70. The quantitative estimate of drug-likeness (QED) is 0.784. The van der Waals surface area contributed by atoms with E-state index in [1.54, 1.807) is 6.92 Å². The molecule has 21 heavy (non-hydrogen) atoms. The van der Waals surface area contributed by atoms with Gasteiger partial charge in [-0.1, -0.05) is 19.1 Å². The van der Waals surface area contributed by atoms with Gasteiger partial charge in [0.15, 0.2) is 10.8 Å². The van der Waals surface area contributed by atoms with Crippen molar-refractivity contribution in [2.45, 2.75) is 27.2 Å². The molecule has 0 saturated heterocycles. The Hall–Kier alpha value is -1.88. The normalized spacial score (nSPS) is 10.5. The highest BCUT2D eigenvalue weighted by Crippen LogP contribution is 2.30. The fourth-order valence-corrected chi connectivity index (χ4v) is 2.86. The summed E-state index contributed by atoms with van der Waals surface area (Å²) in [5.41, 5.74) is 2.76. The molecule has 4 nitrogen and oxygen atoms in total. The SMILES string of the molecule is CCOC(=O)c1nc(N(C)c2ccc(CC)cc2)sc1C. The number of hydrogen-bond donors (Lipinski definition) is 0. The van der Waals surface area contributed by atoms with Crippen molar-refractivity contribution < 1.29 is 9.53 Å². The fourth-order valence-electron chi connectivity index (χ4n) is 1.98. The zero-order valence-corrected chi connectivity index (χ0v) is 13.7. The molecule has 0 aliphatic heterocycles. The summed E-state index contributed by atoms with van der Waals surface area (Å²) < 4.78 is 5.02. The number of ether oxygens (including phenoxy) is 1. The first-order chi connectivity index (χ1) is 10.1. The molecular weight excluding hydrogens is 284 g/mol. The molecule has 0 radical (unpaired) electrons. The number of benzene rings is 1. The number of aryl methyl sites for hydroxylation is 2. The molecule has 2 rings (SSSR count). The number of nitrogens with zero attached hydrogens (tertiary/aromatic N) is 2. The summed E-state index contributed by atoms with van der Waals surface area (Å²) in [6, 6.07) is 8.36. The molecule has 112 valence electrons. The highest BCUT2D eigenvalue weighted by atomic mass is 32.1. The second kappa shape index (κ2) is 6.72. The summed E-state index contributed by atoms with van der Waals surface area (Å²) in [7, 11) is 1.95. The highest BCUT2D eigenvalue weighted by Gasteiger charge is 2.18. The van der Waals surface area contributed by atoms with Crippen molar-refractivity contribution in [1.29, 1.82) is 0 Å². The molecule has 0 N–H and O–H groups in total. The Labute approximate surface area is 129 Å². The summed E-state index contributed by atoms with van der Waals surface area (Å²) in [6.45, 7) is 6.18. The van der Waals surface area contributed by atoms with Crippen molar-refractivity contribution in [3.05, 3.63) is 40.4 Å². The summed E-state index contributed by atoms with van der Waals surface area (Å²) in [5.74, 6) is -0.354. The van der Waals surface area contributed by atoms with E-state index in [1.807, 2.05) is 18.9 Å². The van der Waals surface area contributed by atoms with Crippen LogP contribution in [0.2, 0.25) is 0 Å². The summed E-state index contributed by atoms with van der Waals surface area (Å²) >= 11 is 1.50. The Morgan fingerprint density at radius 2 is 1.95 bits per heavy atom. The van der Waals surface area contributed by atoms with Crippen LogP contribution in [0.4, 0.5) is 10.8 Å². The van der Waals surface area contributed by atoms with Crippen molar-refractivity contribution in [2.75, 3.05) is 18.6 Å². The van der Waals surface area contributed by atoms with Gasteiger partial charge in [0, 0.05) is 17.6 Å². The van der Waals surface area contributed by atoms with Crippen molar-refractivity contribution >= 4 is 28.1 Å². The lowest BCUT2D eigenvalue weighted by molar-refractivity contribution is 0.0519. The van der Waals surface area contributed by atoms with E-state index in [0.29, 0.717) is 12.3 Å². The molecule has 0 atom stereocenters. The number of carbonyl (C=O) groups is 1. The Balaban J connectivity index is 2.24. The molecule has 0 spiro atoms. The number of esters is 1. The lowest BCUT2D eigenvalue weighted by Gasteiger charge is -2.16. The first-order valence-corrected chi connectivity index (χ1v) is 7.85. The van der Waals surface area contributed by atoms with E-state index in [9.17, 15) is 4.79 Å². The largest absolute Gasteiger partial charge is 0.461 e. The fraction of sp³-hybridized carbons (Fsp3) is 0.375.